The summed E-state index contributed by atoms with van der Waals surface area (Å²) in [6.45, 7) is 4.53. The van der Waals surface area contributed by atoms with Crippen LogP contribution < -0.4 is 0 Å². The number of carboxylic acid groups (broad SMARTS) is 1. The Kier molecular flexibility index (Phi) is 36.5. The summed E-state index contributed by atoms with van der Waals surface area (Å²) in [7, 11) is 0. The van der Waals surface area contributed by atoms with Gasteiger partial charge in [-0.2, -0.15) is 0 Å². The highest BCUT2D eigenvalue weighted by Gasteiger charge is 2.14. The van der Waals surface area contributed by atoms with E-state index in [1.165, 1.54) is 161 Å². The second-order valence-corrected chi connectivity index (χ2v) is 14.2. The van der Waals surface area contributed by atoms with Crippen molar-refractivity contribution in [1.82, 2.24) is 0 Å². The monoisotopic (exact) mass is 637 g/mol. The molecule has 0 radical (unpaired) electrons. The first kappa shape index (κ1) is 43.9. The van der Waals surface area contributed by atoms with Crippen molar-refractivity contribution in [2.24, 2.45) is 0 Å². The Bertz CT molecular complexity index is 604. The number of hydrogen-bond donors (Lipinski definition) is 1. The molecule has 0 aliphatic heterocycles. The highest BCUT2D eigenvalue weighted by molar-refractivity contribution is 5.69. The summed E-state index contributed by atoms with van der Waals surface area (Å²) in [5.41, 5.74) is 0. The molecule has 45 heavy (non-hydrogen) atoms. The van der Waals surface area contributed by atoms with Gasteiger partial charge in [-0.1, -0.05) is 194 Å². The summed E-state index contributed by atoms with van der Waals surface area (Å²) in [4.78, 5) is 23.2. The number of hydrogen-bond acceptors (Lipinski definition) is 3. The fourth-order valence-electron chi connectivity index (χ4n) is 6.54. The molecule has 0 bridgehead atoms. The molecule has 0 aromatic heterocycles. The van der Waals surface area contributed by atoms with Crippen molar-refractivity contribution in [2.75, 3.05) is 0 Å². The van der Waals surface area contributed by atoms with Gasteiger partial charge in [0.1, 0.15) is 6.10 Å². The van der Waals surface area contributed by atoms with Crippen LogP contribution >= 0.6 is 0 Å². The minimum atomic E-state index is -0.685. The molecule has 0 aliphatic rings. The molecule has 0 saturated heterocycles. The van der Waals surface area contributed by atoms with Crippen LogP contribution in [0.3, 0.4) is 0 Å². The first-order valence-electron chi connectivity index (χ1n) is 20.5. The van der Waals surface area contributed by atoms with Gasteiger partial charge in [-0.25, -0.2) is 0 Å². The third kappa shape index (κ3) is 37.3. The zero-order valence-corrected chi connectivity index (χ0v) is 30.7. The SMILES string of the molecule is CCCCCCCCCCCCCCCCCCCCCCCC(=O)OC(CCCCCC)CCCCCCCCCC(=O)O. The van der Waals surface area contributed by atoms with E-state index in [-0.39, 0.29) is 12.1 Å². The predicted molar refractivity (Wildman–Crippen MR) is 195 cm³/mol. The number of esters is 1. The van der Waals surface area contributed by atoms with Crippen LogP contribution in [0.15, 0.2) is 0 Å². The Labute approximate surface area is 282 Å². The molecule has 0 aromatic rings. The number of aliphatic carboxylic acids is 1. The normalized spacial score (nSPS) is 12.0. The molecule has 0 rings (SSSR count). The summed E-state index contributed by atoms with van der Waals surface area (Å²) in [6, 6.07) is 0. The maximum atomic E-state index is 12.6. The van der Waals surface area contributed by atoms with E-state index in [1.54, 1.807) is 0 Å². The molecule has 0 amide bonds. The van der Waals surface area contributed by atoms with Gasteiger partial charge in [0.15, 0.2) is 0 Å². The Morgan fingerprint density at radius 3 is 1.00 bits per heavy atom. The minimum absolute atomic E-state index is 0.0201. The number of unbranched alkanes of at least 4 members (excludes halogenated alkanes) is 29. The molecule has 1 unspecified atom stereocenters. The largest absolute Gasteiger partial charge is 0.481 e. The number of ether oxygens (including phenoxy) is 1. The summed E-state index contributed by atoms with van der Waals surface area (Å²) in [6.07, 6.45) is 44.4. The van der Waals surface area contributed by atoms with Gasteiger partial charge in [0.05, 0.1) is 0 Å². The molecule has 0 saturated carbocycles. The fourth-order valence-corrected chi connectivity index (χ4v) is 6.54. The van der Waals surface area contributed by atoms with E-state index in [4.69, 9.17) is 9.84 Å². The Hall–Kier alpha value is -1.06. The molecule has 0 aliphatic carbocycles. The second-order valence-electron chi connectivity index (χ2n) is 14.2. The average Bonchev–Trinajstić information content (AvgIpc) is 3.02. The average molecular weight is 637 g/mol. The van der Waals surface area contributed by atoms with E-state index in [1.807, 2.05) is 0 Å². The first-order chi connectivity index (χ1) is 22.1. The number of carbonyl (C=O) groups is 2. The maximum absolute atomic E-state index is 12.6. The van der Waals surface area contributed by atoms with Gasteiger partial charge in [0.2, 0.25) is 0 Å². The topological polar surface area (TPSA) is 63.6 Å². The molecule has 4 nitrogen and oxygen atoms in total. The van der Waals surface area contributed by atoms with E-state index in [0.717, 1.165) is 57.8 Å². The summed E-state index contributed by atoms with van der Waals surface area (Å²) < 4.78 is 5.96. The van der Waals surface area contributed by atoms with E-state index in [0.29, 0.717) is 12.8 Å². The minimum Gasteiger partial charge on any atom is -0.481 e. The molecule has 0 aromatic carbocycles. The molecule has 1 atom stereocenters. The zero-order valence-electron chi connectivity index (χ0n) is 30.7. The van der Waals surface area contributed by atoms with Gasteiger partial charge in [0, 0.05) is 12.8 Å². The molecule has 4 heteroatoms. The van der Waals surface area contributed by atoms with Crippen molar-refractivity contribution >= 4 is 11.9 Å². The predicted octanol–water partition coefficient (Wildman–Crippen LogP) is 14.1. The second kappa shape index (κ2) is 37.4. The highest BCUT2D eigenvalue weighted by Crippen LogP contribution is 2.19. The molecule has 0 fully saturated rings. The highest BCUT2D eigenvalue weighted by atomic mass is 16.5. The lowest BCUT2D eigenvalue weighted by atomic mass is 10.0. The molecule has 0 heterocycles. The summed E-state index contributed by atoms with van der Waals surface area (Å²) in [5.74, 6) is -0.665. The molecular weight excluding hydrogens is 556 g/mol. The van der Waals surface area contributed by atoms with Gasteiger partial charge in [-0.3, -0.25) is 9.59 Å². The van der Waals surface area contributed by atoms with Crippen molar-refractivity contribution in [3.8, 4) is 0 Å². The van der Waals surface area contributed by atoms with Gasteiger partial charge >= 0.3 is 11.9 Å². The maximum Gasteiger partial charge on any atom is 0.306 e. The van der Waals surface area contributed by atoms with Crippen LogP contribution in [0.2, 0.25) is 0 Å². The smallest absolute Gasteiger partial charge is 0.306 e. The van der Waals surface area contributed by atoms with Crippen molar-refractivity contribution in [2.45, 2.75) is 251 Å². The van der Waals surface area contributed by atoms with Crippen LogP contribution in [0.4, 0.5) is 0 Å². The zero-order chi connectivity index (χ0) is 32.9. The van der Waals surface area contributed by atoms with Crippen LogP contribution in [0.5, 0.6) is 0 Å². The quantitative estimate of drug-likeness (QED) is 0.0541. The van der Waals surface area contributed by atoms with Crippen molar-refractivity contribution in [3.63, 3.8) is 0 Å². The van der Waals surface area contributed by atoms with E-state index < -0.39 is 5.97 Å². The van der Waals surface area contributed by atoms with Crippen molar-refractivity contribution in [1.29, 1.82) is 0 Å². The Morgan fingerprint density at radius 1 is 0.400 bits per heavy atom. The molecular formula is C41H80O4. The van der Waals surface area contributed by atoms with Crippen molar-refractivity contribution < 1.29 is 19.4 Å². The lowest BCUT2D eigenvalue weighted by Crippen LogP contribution is -2.18. The Balaban J connectivity index is 3.64. The van der Waals surface area contributed by atoms with E-state index in [2.05, 4.69) is 13.8 Å². The van der Waals surface area contributed by atoms with Gasteiger partial charge < -0.3 is 9.84 Å². The van der Waals surface area contributed by atoms with E-state index in [9.17, 15) is 9.59 Å². The van der Waals surface area contributed by atoms with Crippen LogP contribution in [0.25, 0.3) is 0 Å². The first-order valence-corrected chi connectivity index (χ1v) is 20.5. The number of carbonyl (C=O) groups excluding carboxylic acids is 1. The van der Waals surface area contributed by atoms with Gasteiger partial charge in [-0.15, -0.1) is 0 Å². The summed E-state index contributed by atoms with van der Waals surface area (Å²) in [5, 5.41) is 8.73. The van der Waals surface area contributed by atoms with Crippen LogP contribution in [0, 0.1) is 0 Å². The van der Waals surface area contributed by atoms with Crippen LogP contribution in [0.1, 0.15) is 245 Å². The third-order valence-electron chi connectivity index (χ3n) is 9.58. The number of rotatable bonds is 38. The van der Waals surface area contributed by atoms with Crippen LogP contribution in [-0.4, -0.2) is 23.1 Å². The summed E-state index contributed by atoms with van der Waals surface area (Å²) >= 11 is 0. The van der Waals surface area contributed by atoms with Gasteiger partial charge in [-0.05, 0) is 38.5 Å². The van der Waals surface area contributed by atoms with E-state index >= 15 is 0 Å². The molecule has 0 spiro atoms. The standard InChI is InChI=1S/C41H80O4/c1-3-5-7-9-10-11-12-13-14-15-16-17-18-19-20-21-22-23-27-30-34-38-41(44)45-39(35-31-8-6-4-2)36-32-28-25-24-26-29-33-37-40(42)43/h39H,3-38H2,1-2H3,(H,42,43). The third-order valence-corrected chi connectivity index (χ3v) is 9.58. The lowest BCUT2D eigenvalue weighted by molar-refractivity contribution is -0.150. The lowest BCUT2D eigenvalue weighted by Gasteiger charge is -2.18. The van der Waals surface area contributed by atoms with Gasteiger partial charge in [0.25, 0.3) is 0 Å². The number of carboxylic acids is 1. The van der Waals surface area contributed by atoms with Crippen LogP contribution in [-0.2, 0) is 14.3 Å². The fraction of sp³-hybridized carbons (Fsp3) is 0.951. The molecule has 268 valence electrons. The van der Waals surface area contributed by atoms with Crippen molar-refractivity contribution in [3.05, 3.63) is 0 Å². The molecule has 1 N–H and O–H groups in total. The Morgan fingerprint density at radius 2 is 0.667 bits per heavy atom.